The van der Waals surface area contributed by atoms with Crippen LogP contribution < -0.4 is 5.73 Å². The van der Waals surface area contributed by atoms with E-state index in [2.05, 4.69) is 19.2 Å². The Kier molecular flexibility index (Phi) is 7.85. The van der Waals surface area contributed by atoms with Crippen LogP contribution in [0.15, 0.2) is 12.7 Å². The number of thiol groups is 1. The third-order valence-corrected chi connectivity index (χ3v) is 2.81. The average Bonchev–Trinajstić information content (AvgIpc) is 2.34. The number of hydrogen-bond acceptors (Lipinski definition) is 5. The summed E-state index contributed by atoms with van der Waals surface area (Å²) in [6, 6.07) is -2.22. The molecule has 19 heavy (non-hydrogen) atoms. The van der Waals surface area contributed by atoms with Crippen LogP contribution in [0.3, 0.4) is 0 Å². The second-order valence-electron chi connectivity index (χ2n) is 3.85. The third-order valence-electron chi connectivity index (χ3n) is 2.47. The summed E-state index contributed by atoms with van der Waals surface area (Å²) in [5.41, 5.74) is 5.29. The molecule has 2 atom stereocenters. The number of amides is 1. The van der Waals surface area contributed by atoms with Gasteiger partial charge in [0.25, 0.3) is 0 Å². The summed E-state index contributed by atoms with van der Waals surface area (Å²) in [5, 5.41) is 17.6. The van der Waals surface area contributed by atoms with Gasteiger partial charge in [-0.05, 0) is 6.42 Å². The van der Waals surface area contributed by atoms with Crippen LogP contribution >= 0.6 is 12.6 Å². The summed E-state index contributed by atoms with van der Waals surface area (Å²) >= 11 is 3.90. The number of carboxylic acid groups (broad SMARTS) is 2. The first-order chi connectivity index (χ1) is 8.84. The maximum atomic E-state index is 11.9. The van der Waals surface area contributed by atoms with E-state index < -0.39 is 29.9 Å². The zero-order chi connectivity index (χ0) is 15.0. The van der Waals surface area contributed by atoms with Crippen LogP contribution in [0, 0.1) is 0 Å². The largest absolute Gasteiger partial charge is 0.480 e. The maximum absolute atomic E-state index is 11.9. The standard InChI is InChI=1S/C11H18N2O5S/c1-2-5-13(8(6-19)11(17)18)9(14)4-3-7(12)10(15)16/h2,7-8,19H,1,3-6,12H2,(H,15,16)(H,17,18)/t7-,8+/m0/s1. The zero-order valence-electron chi connectivity index (χ0n) is 10.4. The molecule has 0 aromatic heterocycles. The first-order valence-electron chi connectivity index (χ1n) is 5.57. The number of carbonyl (C=O) groups is 3. The Labute approximate surface area is 116 Å². The van der Waals surface area contributed by atoms with E-state index in [9.17, 15) is 14.4 Å². The molecule has 0 aliphatic rings. The Morgan fingerprint density at radius 1 is 1.32 bits per heavy atom. The van der Waals surface area contributed by atoms with E-state index in [0.29, 0.717) is 0 Å². The van der Waals surface area contributed by atoms with Gasteiger partial charge in [-0.25, -0.2) is 4.79 Å². The van der Waals surface area contributed by atoms with Crippen molar-refractivity contribution in [1.29, 1.82) is 0 Å². The zero-order valence-corrected chi connectivity index (χ0v) is 11.3. The summed E-state index contributed by atoms with van der Waals surface area (Å²) in [6.07, 6.45) is 1.20. The fraction of sp³-hybridized carbons (Fsp3) is 0.545. The molecule has 0 aromatic rings. The van der Waals surface area contributed by atoms with Gasteiger partial charge in [-0.1, -0.05) is 6.08 Å². The number of nitrogens with two attached hydrogens (primary N) is 1. The second kappa shape index (κ2) is 8.54. The van der Waals surface area contributed by atoms with E-state index >= 15 is 0 Å². The van der Waals surface area contributed by atoms with Crippen molar-refractivity contribution in [2.75, 3.05) is 12.3 Å². The van der Waals surface area contributed by atoms with Gasteiger partial charge in [0.05, 0.1) is 0 Å². The molecule has 0 fully saturated rings. The van der Waals surface area contributed by atoms with Crippen LogP contribution in [-0.2, 0) is 14.4 Å². The van der Waals surface area contributed by atoms with Crippen LogP contribution in [0.1, 0.15) is 12.8 Å². The van der Waals surface area contributed by atoms with Gasteiger partial charge in [0, 0.05) is 18.7 Å². The molecule has 8 heteroatoms. The van der Waals surface area contributed by atoms with Gasteiger partial charge >= 0.3 is 11.9 Å². The molecule has 1 amide bonds. The molecule has 0 radical (unpaired) electrons. The van der Waals surface area contributed by atoms with E-state index in [1.807, 2.05) is 0 Å². The van der Waals surface area contributed by atoms with Crippen LogP contribution in [0.25, 0.3) is 0 Å². The van der Waals surface area contributed by atoms with Crippen molar-refractivity contribution < 1.29 is 24.6 Å². The van der Waals surface area contributed by atoms with E-state index in [1.54, 1.807) is 0 Å². The van der Waals surface area contributed by atoms with Gasteiger partial charge in [-0.15, -0.1) is 6.58 Å². The molecule has 0 aliphatic carbocycles. The van der Waals surface area contributed by atoms with Crippen molar-refractivity contribution in [3.05, 3.63) is 12.7 Å². The molecular formula is C11H18N2O5S. The molecule has 4 N–H and O–H groups in total. The minimum Gasteiger partial charge on any atom is -0.480 e. The van der Waals surface area contributed by atoms with Gasteiger partial charge in [0.1, 0.15) is 12.1 Å². The highest BCUT2D eigenvalue weighted by atomic mass is 32.1. The highest BCUT2D eigenvalue weighted by molar-refractivity contribution is 7.80. The van der Waals surface area contributed by atoms with Gasteiger partial charge in [0.15, 0.2) is 0 Å². The number of rotatable bonds is 9. The lowest BCUT2D eigenvalue weighted by Gasteiger charge is -2.27. The Bertz CT molecular complexity index is 361. The summed E-state index contributed by atoms with van der Waals surface area (Å²) in [6.45, 7) is 3.51. The quantitative estimate of drug-likeness (QED) is 0.338. The monoisotopic (exact) mass is 290 g/mol. The molecule has 0 heterocycles. The van der Waals surface area contributed by atoms with Gasteiger partial charge in [-0.3, -0.25) is 9.59 Å². The summed E-state index contributed by atoms with van der Waals surface area (Å²) in [4.78, 5) is 34.5. The molecule has 108 valence electrons. The minimum absolute atomic E-state index is 0.0418. The molecule has 0 bridgehead atoms. The lowest BCUT2D eigenvalue weighted by Crippen LogP contribution is -2.46. The van der Waals surface area contributed by atoms with Crippen molar-refractivity contribution in [1.82, 2.24) is 4.90 Å². The van der Waals surface area contributed by atoms with Crippen molar-refractivity contribution in [3.8, 4) is 0 Å². The van der Waals surface area contributed by atoms with E-state index in [1.165, 1.54) is 6.08 Å². The molecule has 0 rings (SSSR count). The van der Waals surface area contributed by atoms with Crippen LogP contribution in [0.4, 0.5) is 0 Å². The number of aliphatic carboxylic acids is 2. The minimum atomic E-state index is -1.20. The molecule has 0 aromatic carbocycles. The molecular weight excluding hydrogens is 272 g/mol. The average molecular weight is 290 g/mol. The van der Waals surface area contributed by atoms with Crippen molar-refractivity contribution in [3.63, 3.8) is 0 Å². The fourth-order valence-corrected chi connectivity index (χ4v) is 1.75. The van der Waals surface area contributed by atoms with Gasteiger partial charge < -0.3 is 20.8 Å². The predicted octanol–water partition coefficient (Wildman–Crippen LogP) is -0.424. The van der Waals surface area contributed by atoms with Crippen LogP contribution in [0.5, 0.6) is 0 Å². The Balaban J connectivity index is 4.69. The first-order valence-corrected chi connectivity index (χ1v) is 6.20. The lowest BCUT2D eigenvalue weighted by molar-refractivity contribution is -0.149. The van der Waals surface area contributed by atoms with Crippen LogP contribution in [-0.4, -0.2) is 57.3 Å². The predicted molar refractivity (Wildman–Crippen MR) is 72.0 cm³/mol. The summed E-state index contributed by atoms with van der Waals surface area (Å²) in [5.74, 6) is -2.90. The molecule has 7 nitrogen and oxygen atoms in total. The number of carboxylic acids is 2. The Hall–Kier alpha value is -1.54. The molecule has 0 unspecified atom stereocenters. The van der Waals surface area contributed by atoms with E-state index in [-0.39, 0.29) is 25.1 Å². The smallest absolute Gasteiger partial charge is 0.327 e. The maximum Gasteiger partial charge on any atom is 0.327 e. The van der Waals surface area contributed by atoms with Crippen molar-refractivity contribution >= 4 is 30.5 Å². The highest BCUT2D eigenvalue weighted by Crippen LogP contribution is 2.08. The lowest BCUT2D eigenvalue weighted by atomic mass is 10.1. The molecule has 0 aliphatic heterocycles. The fourth-order valence-electron chi connectivity index (χ4n) is 1.40. The number of hydrogen-bond donors (Lipinski definition) is 4. The Morgan fingerprint density at radius 2 is 1.89 bits per heavy atom. The van der Waals surface area contributed by atoms with Crippen molar-refractivity contribution in [2.45, 2.75) is 24.9 Å². The summed E-state index contributed by atoms with van der Waals surface area (Å²) in [7, 11) is 0. The van der Waals surface area contributed by atoms with Crippen molar-refractivity contribution in [2.24, 2.45) is 5.73 Å². The summed E-state index contributed by atoms with van der Waals surface area (Å²) < 4.78 is 0. The van der Waals surface area contributed by atoms with E-state index in [4.69, 9.17) is 15.9 Å². The normalized spacial score (nSPS) is 13.4. The highest BCUT2D eigenvalue weighted by Gasteiger charge is 2.28. The second-order valence-corrected chi connectivity index (χ2v) is 4.22. The van der Waals surface area contributed by atoms with Crippen LogP contribution in [0.2, 0.25) is 0 Å². The Morgan fingerprint density at radius 3 is 2.26 bits per heavy atom. The third kappa shape index (κ3) is 5.75. The molecule has 0 saturated heterocycles. The number of nitrogens with zero attached hydrogens (tertiary/aromatic N) is 1. The molecule has 0 saturated carbocycles. The SMILES string of the molecule is C=CCN(C(=O)CC[C@H](N)C(=O)O)[C@H](CS)C(=O)O. The van der Waals surface area contributed by atoms with E-state index in [0.717, 1.165) is 4.90 Å². The molecule has 0 spiro atoms. The van der Waals surface area contributed by atoms with Gasteiger partial charge in [-0.2, -0.15) is 12.6 Å². The first kappa shape index (κ1) is 17.5. The topological polar surface area (TPSA) is 121 Å². The number of carbonyl (C=O) groups excluding carboxylic acids is 1. The van der Waals surface area contributed by atoms with Gasteiger partial charge in [0.2, 0.25) is 5.91 Å².